The van der Waals surface area contributed by atoms with Crippen LogP contribution in [0.3, 0.4) is 0 Å². The number of hydrogen-bond acceptors (Lipinski definition) is 3. The van der Waals surface area contributed by atoms with Gasteiger partial charge in [-0.2, -0.15) is 10.4 Å². The number of methoxy groups -OCH3 is 1. The van der Waals surface area contributed by atoms with Crippen molar-refractivity contribution in [2.24, 2.45) is 0 Å². The first-order valence-electron chi connectivity index (χ1n) is 5.09. The number of hydrogen-bond donors (Lipinski definition) is 0. The third-order valence-corrected chi connectivity index (χ3v) is 2.87. The normalized spacial score (nSPS) is 10.1. The molecule has 0 amide bonds. The molecule has 1 aromatic heterocycles. The predicted octanol–water partition coefficient (Wildman–Crippen LogP) is 2.60. The van der Waals surface area contributed by atoms with E-state index in [2.05, 4.69) is 5.10 Å². The highest BCUT2D eigenvalue weighted by Crippen LogP contribution is 2.34. The lowest BCUT2D eigenvalue weighted by molar-refractivity contribution is 0.409. The van der Waals surface area contributed by atoms with Gasteiger partial charge in [0.25, 0.3) is 0 Å². The lowest BCUT2D eigenvalue weighted by Gasteiger charge is -2.11. The molecule has 0 bridgehead atoms. The van der Waals surface area contributed by atoms with Gasteiger partial charge in [0.15, 0.2) is 5.75 Å². The Bertz CT molecular complexity index is 605. The van der Waals surface area contributed by atoms with Gasteiger partial charge in [0, 0.05) is 12.4 Å². The Hall–Kier alpha value is -2.06. The summed E-state index contributed by atoms with van der Waals surface area (Å²) >= 11 is 6.10. The Kier molecular flexibility index (Phi) is 3.49. The average molecular weight is 266 g/mol. The van der Waals surface area contributed by atoms with E-state index in [9.17, 15) is 4.39 Å². The van der Waals surface area contributed by atoms with Gasteiger partial charge in [-0.25, -0.2) is 4.39 Å². The van der Waals surface area contributed by atoms with Crippen LogP contribution in [0.4, 0.5) is 4.39 Å². The fourth-order valence-corrected chi connectivity index (χ4v) is 1.92. The van der Waals surface area contributed by atoms with Crippen LogP contribution >= 0.6 is 11.6 Å². The van der Waals surface area contributed by atoms with Crippen molar-refractivity contribution in [1.29, 1.82) is 5.26 Å². The largest absolute Gasteiger partial charge is 0.494 e. The van der Waals surface area contributed by atoms with Gasteiger partial charge < -0.3 is 4.74 Å². The zero-order chi connectivity index (χ0) is 13.1. The van der Waals surface area contributed by atoms with Crippen LogP contribution in [0, 0.1) is 17.1 Å². The van der Waals surface area contributed by atoms with E-state index in [1.807, 2.05) is 0 Å². The second kappa shape index (κ2) is 5.07. The summed E-state index contributed by atoms with van der Waals surface area (Å²) in [5.74, 6) is -0.595. The molecule has 0 atom stereocenters. The first-order valence-corrected chi connectivity index (χ1v) is 5.47. The van der Waals surface area contributed by atoms with Crippen LogP contribution in [0.5, 0.6) is 5.75 Å². The minimum absolute atomic E-state index is 0.0568. The summed E-state index contributed by atoms with van der Waals surface area (Å²) in [4.78, 5) is 0. The minimum Gasteiger partial charge on any atom is -0.494 e. The van der Waals surface area contributed by atoms with Crippen molar-refractivity contribution in [3.05, 3.63) is 46.5 Å². The third-order valence-electron chi connectivity index (χ3n) is 2.46. The maximum absolute atomic E-state index is 13.7. The second-order valence-corrected chi connectivity index (χ2v) is 3.93. The number of benzene rings is 1. The first-order chi connectivity index (χ1) is 8.67. The summed E-state index contributed by atoms with van der Waals surface area (Å²) < 4.78 is 20.3. The Balaban J connectivity index is 2.50. The quantitative estimate of drug-likeness (QED) is 0.857. The molecular weight excluding hydrogens is 257 g/mol. The average Bonchev–Trinajstić information content (AvgIpc) is 2.85. The van der Waals surface area contributed by atoms with Crippen LogP contribution < -0.4 is 4.74 Å². The summed E-state index contributed by atoms with van der Waals surface area (Å²) in [7, 11) is 1.35. The highest BCUT2D eigenvalue weighted by Gasteiger charge is 2.18. The van der Waals surface area contributed by atoms with E-state index in [0.717, 1.165) is 0 Å². The first kappa shape index (κ1) is 12.4. The molecule has 4 nitrogen and oxygen atoms in total. The highest BCUT2D eigenvalue weighted by molar-refractivity contribution is 6.33. The van der Waals surface area contributed by atoms with Gasteiger partial charge >= 0.3 is 0 Å². The van der Waals surface area contributed by atoms with Crippen molar-refractivity contribution in [2.75, 3.05) is 7.11 Å². The van der Waals surface area contributed by atoms with E-state index in [-0.39, 0.29) is 16.3 Å². The summed E-state index contributed by atoms with van der Waals surface area (Å²) in [5, 5.41) is 13.1. The van der Waals surface area contributed by atoms with Crippen LogP contribution in [-0.2, 0) is 6.54 Å². The molecule has 0 aliphatic heterocycles. The standard InChI is InChI=1S/C12H9ClFN3O/c1-18-12-9(6-15)10(14)5-8(11(12)13)7-17-4-2-3-16-17/h2-5H,7H2,1H3. The molecule has 0 fully saturated rings. The van der Waals surface area contributed by atoms with Crippen molar-refractivity contribution in [3.8, 4) is 11.8 Å². The van der Waals surface area contributed by atoms with Crippen LogP contribution in [0.15, 0.2) is 24.5 Å². The molecule has 92 valence electrons. The van der Waals surface area contributed by atoms with Crippen LogP contribution in [0.2, 0.25) is 5.02 Å². The predicted molar refractivity (Wildman–Crippen MR) is 64.0 cm³/mol. The molecule has 2 aromatic rings. The zero-order valence-corrected chi connectivity index (χ0v) is 10.3. The van der Waals surface area contributed by atoms with Gasteiger partial charge in [-0.15, -0.1) is 0 Å². The molecule has 0 unspecified atom stereocenters. The van der Waals surface area contributed by atoms with Crippen LogP contribution in [-0.4, -0.2) is 16.9 Å². The summed E-state index contributed by atoms with van der Waals surface area (Å²) in [6, 6.07) is 4.72. The maximum atomic E-state index is 13.7. The molecule has 0 radical (unpaired) electrons. The number of nitrogens with zero attached hydrogens (tertiary/aromatic N) is 3. The Labute approximate surface area is 108 Å². The van der Waals surface area contributed by atoms with Crippen molar-refractivity contribution in [2.45, 2.75) is 6.54 Å². The molecule has 0 aliphatic carbocycles. The van der Waals surface area contributed by atoms with Gasteiger partial charge in [0.2, 0.25) is 0 Å². The molecule has 1 heterocycles. The lowest BCUT2D eigenvalue weighted by atomic mass is 10.1. The summed E-state index contributed by atoms with van der Waals surface area (Å²) in [6.07, 6.45) is 3.35. The van der Waals surface area contributed by atoms with Crippen LogP contribution in [0.1, 0.15) is 11.1 Å². The van der Waals surface area contributed by atoms with Crippen molar-refractivity contribution >= 4 is 11.6 Å². The molecule has 0 aliphatic rings. The van der Waals surface area contributed by atoms with Crippen molar-refractivity contribution < 1.29 is 9.13 Å². The van der Waals surface area contributed by atoms with Gasteiger partial charge in [0.05, 0.1) is 18.7 Å². The topological polar surface area (TPSA) is 50.8 Å². The lowest BCUT2D eigenvalue weighted by Crippen LogP contribution is -2.04. The van der Waals surface area contributed by atoms with E-state index < -0.39 is 5.82 Å². The molecule has 2 rings (SSSR count). The van der Waals surface area contributed by atoms with Crippen LogP contribution in [0.25, 0.3) is 0 Å². The van der Waals surface area contributed by atoms with E-state index >= 15 is 0 Å². The molecule has 18 heavy (non-hydrogen) atoms. The molecule has 0 spiro atoms. The molecule has 6 heteroatoms. The van der Waals surface area contributed by atoms with Crippen molar-refractivity contribution in [3.63, 3.8) is 0 Å². The summed E-state index contributed by atoms with van der Waals surface area (Å²) in [5.41, 5.74) is 0.320. The Morgan fingerprint density at radius 1 is 1.61 bits per heavy atom. The minimum atomic E-state index is -0.652. The monoisotopic (exact) mass is 265 g/mol. The van der Waals surface area contributed by atoms with Crippen molar-refractivity contribution in [1.82, 2.24) is 9.78 Å². The third kappa shape index (κ3) is 2.15. The SMILES string of the molecule is COc1c(Cl)c(Cn2cccn2)cc(F)c1C#N. The van der Waals surface area contributed by atoms with Gasteiger partial charge in [-0.3, -0.25) is 4.68 Å². The molecular formula is C12H9ClFN3O. The Morgan fingerprint density at radius 2 is 2.39 bits per heavy atom. The fraction of sp³-hybridized carbons (Fsp3) is 0.167. The van der Waals surface area contributed by atoms with Gasteiger partial charge in [0.1, 0.15) is 17.4 Å². The number of rotatable bonds is 3. The maximum Gasteiger partial charge on any atom is 0.158 e. The van der Waals surface area contributed by atoms with E-state index in [0.29, 0.717) is 12.1 Å². The van der Waals surface area contributed by atoms with E-state index in [4.69, 9.17) is 21.6 Å². The molecule has 0 saturated carbocycles. The zero-order valence-electron chi connectivity index (χ0n) is 9.52. The van der Waals surface area contributed by atoms with E-state index in [1.165, 1.54) is 13.2 Å². The second-order valence-electron chi connectivity index (χ2n) is 3.56. The number of ether oxygens (including phenoxy) is 1. The van der Waals surface area contributed by atoms with Gasteiger partial charge in [-0.05, 0) is 17.7 Å². The highest BCUT2D eigenvalue weighted by atomic mass is 35.5. The number of aromatic nitrogens is 2. The number of halogens is 2. The molecule has 1 aromatic carbocycles. The molecule has 0 saturated heterocycles. The molecule has 0 N–H and O–H groups in total. The van der Waals surface area contributed by atoms with E-state index in [1.54, 1.807) is 29.2 Å². The van der Waals surface area contributed by atoms with Gasteiger partial charge in [-0.1, -0.05) is 11.6 Å². The summed E-state index contributed by atoms with van der Waals surface area (Å²) in [6.45, 7) is 0.310. The Morgan fingerprint density at radius 3 is 2.94 bits per heavy atom. The fourth-order valence-electron chi connectivity index (χ4n) is 1.63. The number of nitriles is 1. The smallest absolute Gasteiger partial charge is 0.158 e.